The van der Waals surface area contributed by atoms with Crippen molar-refractivity contribution in [2.24, 2.45) is 0 Å². The van der Waals surface area contributed by atoms with E-state index in [0.717, 1.165) is 27.7 Å². The fourth-order valence-electron chi connectivity index (χ4n) is 2.64. The van der Waals surface area contributed by atoms with Gasteiger partial charge in [-0.2, -0.15) is 5.10 Å². The Balaban J connectivity index is 1.72. The van der Waals surface area contributed by atoms with Crippen LogP contribution >= 0.6 is 11.6 Å². The van der Waals surface area contributed by atoms with E-state index in [2.05, 4.69) is 25.5 Å². The molecule has 0 bridgehead atoms. The van der Waals surface area contributed by atoms with Gasteiger partial charge in [0.15, 0.2) is 5.82 Å². The maximum atomic E-state index is 5.94. The molecule has 0 saturated heterocycles. The van der Waals surface area contributed by atoms with E-state index in [0.29, 0.717) is 17.3 Å². The molecule has 0 amide bonds. The van der Waals surface area contributed by atoms with Crippen LogP contribution in [-0.4, -0.2) is 20.2 Å². The highest BCUT2D eigenvalue weighted by Crippen LogP contribution is 2.26. The molecule has 25 heavy (non-hydrogen) atoms. The molecule has 1 aromatic carbocycles. The Hall–Kier alpha value is -3.05. The second kappa shape index (κ2) is 6.83. The zero-order valence-electron chi connectivity index (χ0n) is 13.2. The summed E-state index contributed by atoms with van der Waals surface area (Å²) in [7, 11) is 0. The van der Waals surface area contributed by atoms with Crippen LogP contribution in [0.1, 0.15) is 11.3 Å². The summed E-state index contributed by atoms with van der Waals surface area (Å²) in [6, 6.07) is 13.4. The van der Waals surface area contributed by atoms with E-state index in [1.807, 2.05) is 42.5 Å². The van der Waals surface area contributed by atoms with Crippen LogP contribution in [0.25, 0.3) is 10.8 Å². The summed E-state index contributed by atoms with van der Waals surface area (Å²) in [6.45, 7) is 0. The number of nitrogens with zero attached hydrogens (tertiary/aromatic N) is 4. The number of anilines is 2. The number of hydrogen-bond donors (Lipinski definition) is 1. The number of aromatic nitrogens is 4. The summed E-state index contributed by atoms with van der Waals surface area (Å²) in [5.74, 6) is 0.670. The molecule has 0 radical (unpaired) electrons. The lowest BCUT2D eigenvalue weighted by Gasteiger charge is -2.11. The van der Waals surface area contributed by atoms with Gasteiger partial charge in [-0.1, -0.05) is 11.6 Å². The zero-order valence-corrected chi connectivity index (χ0v) is 14.0. The molecular weight excluding hydrogens is 334 g/mol. The number of rotatable bonds is 4. The second-order valence-corrected chi connectivity index (χ2v) is 6.02. The fourth-order valence-corrected chi connectivity index (χ4v) is 2.77. The van der Waals surface area contributed by atoms with Crippen molar-refractivity contribution in [1.82, 2.24) is 20.2 Å². The average molecular weight is 348 g/mol. The second-order valence-electron chi connectivity index (χ2n) is 5.58. The number of pyridine rings is 2. The number of halogens is 1. The van der Waals surface area contributed by atoms with Crippen LogP contribution in [0.5, 0.6) is 0 Å². The lowest BCUT2D eigenvalue weighted by molar-refractivity contribution is 0.959. The maximum Gasteiger partial charge on any atom is 0.162 e. The molecule has 0 atom stereocenters. The average Bonchev–Trinajstić information content (AvgIpc) is 2.66. The van der Waals surface area contributed by atoms with Crippen LogP contribution in [0.3, 0.4) is 0 Å². The Morgan fingerprint density at radius 1 is 0.800 bits per heavy atom. The third kappa shape index (κ3) is 3.41. The van der Waals surface area contributed by atoms with Crippen molar-refractivity contribution >= 4 is 33.9 Å². The predicted molar refractivity (Wildman–Crippen MR) is 99.1 cm³/mol. The van der Waals surface area contributed by atoms with Crippen molar-refractivity contribution < 1.29 is 0 Å². The van der Waals surface area contributed by atoms with Gasteiger partial charge < -0.3 is 5.32 Å². The largest absolute Gasteiger partial charge is 0.338 e. The van der Waals surface area contributed by atoms with Gasteiger partial charge in [-0.05, 0) is 48.0 Å². The van der Waals surface area contributed by atoms with Crippen LogP contribution in [0.4, 0.5) is 11.5 Å². The number of nitrogens with one attached hydrogen (secondary N) is 1. The Labute approximate surface area is 149 Å². The third-order valence-electron chi connectivity index (χ3n) is 3.89. The van der Waals surface area contributed by atoms with Gasteiger partial charge in [0.25, 0.3) is 0 Å². The highest BCUT2D eigenvalue weighted by molar-refractivity contribution is 6.30. The van der Waals surface area contributed by atoms with E-state index in [4.69, 9.17) is 11.6 Å². The summed E-state index contributed by atoms with van der Waals surface area (Å²) in [5.41, 5.74) is 2.94. The summed E-state index contributed by atoms with van der Waals surface area (Å²) in [4.78, 5) is 8.29. The van der Waals surface area contributed by atoms with Crippen LogP contribution in [0.2, 0.25) is 5.02 Å². The smallest absolute Gasteiger partial charge is 0.162 e. The summed E-state index contributed by atoms with van der Waals surface area (Å²) in [6.07, 6.45) is 7.83. The van der Waals surface area contributed by atoms with E-state index in [-0.39, 0.29) is 0 Å². The van der Waals surface area contributed by atoms with Crippen LogP contribution < -0.4 is 5.32 Å². The van der Waals surface area contributed by atoms with Gasteiger partial charge in [0.2, 0.25) is 0 Å². The van der Waals surface area contributed by atoms with Gasteiger partial charge in [-0.15, -0.1) is 5.10 Å². The highest BCUT2D eigenvalue weighted by Gasteiger charge is 2.10. The van der Waals surface area contributed by atoms with Gasteiger partial charge in [0.05, 0.1) is 5.69 Å². The first-order valence-corrected chi connectivity index (χ1v) is 8.18. The first-order valence-electron chi connectivity index (χ1n) is 7.80. The minimum absolute atomic E-state index is 0.670. The lowest BCUT2D eigenvalue weighted by Crippen LogP contribution is -2.02. The molecule has 6 heteroatoms. The molecule has 1 N–H and O–H groups in total. The van der Waals surface area contributed by atoms with Gasteiger partial charge in [-0.3, -0.25) is 9.97 Å². The van der Waals surface area contributed by atoms with E-state index in [1.54, 1.807) is 24.8 Å². The van der Waals surface area contributed by atoms with Crippen molar-refractivity contribution in [2.75, 3.05) is 5.32 Å². The molecule has 5 nitrogen and oxygen atoms in total. The summed E-state index contributed by atoms with van der Waals surface area (Å²) in [5, 5.41) is 14.7. The van der Waals surface area contributed by atoms with E-state index >= 15 is 0 Å². The molecule has 0 unspecified atom stereocenters. The van der Waals surface area contributed by atoms with Gasteiger partial charge in [0.1, 0.15) is 0 Å². The predicted octanol–water partition coefficient (Wildman–Crippen LogP) is 4.41. The Kier molecular flexibility index (Phi) is 4.23. The minimum Gasteiger partial charge on any atom is -0.338 e. The fraction of sp³-hybridized carbons (Fsp3) is 0.0526. The van der Waals surface area contributed by atoms with Gasteiger partial charge in [0, 0.05) is 52.7 Å². The summed E-state index contributed by atoms with van der Waals surface area (Å²) < 4.78 is 0. The number of hydrogen-bond acceptors (Lipinski definition) is 5. The molecule has 3 aromatic heterocycles. The van der Waals surface area contributed by atoms with E-state index < -0.39 is 0 Å². The van der Waals surface area contributed by atoms with E-state index in [9.17, 15) is 0 Å². The quantitative estimate of drug-likeness (QED) is 0.592. The van der Waals surface area contributed by atoms with Crippen molar-refractivity contribution in [3.8, 4) is 0 Å². The van der Waals surface area contributed by atoms with Crippen LogP contribution in [0, 0.1) is 0 Å². The molecule has 0 aliphatic rings. The maximum absolute atomic E-state index is 5.94. The molecule has 0 aliphatic carbocycles. The third-order valence-corrected chi connectivity index (χ3v) is 4.14. The first kappa shape index (κ1) is 15.5. The molecule has 3 heterocycles. The molecule has 122 valence electrons. The Morgan fingerprint density at radius 3 is 2.36 bits per heavy atom. The molecule has 0 aliphatic heterocycles. The molecule has 0 saturated carbocycles. The van der Waals surface area contributed by atoms with Gasteiger partial charge >= 0.3 is 0 Å². The number of benzene rings is 1. The SMILES string of the molecule is Clc1ccc(Nc2nnc(Cc3ccncc3)c3ccncc23)cc1. The molecule has 0 spiro atoms. The van der Waals surface area contributed by atoms with Crippen molar-refractivity contribution in [3.63, 3.8) is 0 Å². The standard InChI is InChI=1S/C19H14ClN5/c20-14-1-3-15(4-2-14)23-19-17-12-22-10-7-16(17)18(24-25-19)11-13-5-8-21-9-6-13/h1-10,12H,11H2,(H,23,25). The normalized spacial score (nSPS) is 10.8. The minimum atomic E-state index is 0.670. The molecule has 0 fully saturated rings. The first-order chi connectivity index (χ1) is 12.3. The Bertz CT molecular complexity index is 1000. The van der Waals surface area contributed by atoms with Crippen LogP contribution in [-0.2, 0) is 6.42 Å². The monoisotopic (exact) mass is 347 g/mol. The van der Waals surface area contributed by atoms with Crippen molar-refractivity contribution in [3.05, 3.63) is 83.5 Å². The zero-order chi connectivity index (χ0) is 17.1. The van der Waals surface area contributed by atoms with Crippen molar-refractivity contribution in [1.29, 1.82) is 0 Å². The van der Waals surface area contributed by atoms with Gasteiger partial charge in [-0.25, -0.2) is 0 Å². The molecule has 4 aromatic rings. The molecule has 4 rings (SSSR count). The van der Waals surface area contributed by atoms with Crippen LogP contribution in [0.15, 0.2) is 67.3 Å². The van der Waals surface area contributed by atoms with E-state index in [1.165, 1.54) is 0 Å². The summed E-state index contributed by atoms with van der Waals surface area (Å²) >= 11 is 5.94. The lowest BCUT2D eigenvalue weighted by atomic mass is 10.1. The van der Waals surface area contributed by atoms with Crippen molar-refractivity contribution in [2.45, 2.75) is 6.42 Å². The Morgan fingerprint density at radius 2 is 1.56 bits per heavy atom. The molecular formula is C19H14ClN5. The number of fused-ring (bicyclic) bond motifs is 1. The topological polar surface area (TPSA) is 63.6 Å². The highest BCUT2D eigenvalue weighted by atomic mass is 35.5.